The second kappa shape index (κ2) is 6.91. The van der Waals surface area contributed by atoms with Gasteiger partial charge in [-0.3, -0.25) is 4.79 Å². The van der Waals surface area contributed by atoms with Crippen LogP contribution in [0.15, 0.2) is 24.3 Å². The molecule has 0 bridgehead atoms. The fourth-order valence-corrected chi connectivity index (χ4v) is 3.73. The minimum atomic E-state index is -2.86. The van der Waals surface area contributed by atoms with Gasteiger partial charge in [-0.1, -0.05) is 6.07 Å². The molecule has 1 fully saturated rings. The van der Waals surface area contributed by atoms with Gasteiger partial charge < -0.3 is 15.4 Å². The maximum atomic E-state index is 11.8. The number of amides is 1. The normalized spacial score (nSPS) is 18.1. The molecule has 1 aliphatic rings. The smallest absolute Gasteiger partial charge is 0.238 e. The first-order valence-electron chi connectivity index (χ1n) is 6.86. The van der Waals surface area contributed by atoms with Crippen LogP contribution in [0, 0.1) is 0 Å². The SMILES string of the molecule is COc1cccc(NC(=O)CNC2CCS(=O)(=O)CC2)c1. The van der Waals surface area contributed by atoms with Gasteiger partial charge >= 0.3 is 0 Å². The van der Waals surface area contributed by atoms with Crippen LogP contribution < -0.4 is 15.4 Å². The van der Waals surface area contributed by atoms with Gasteiger partial charge in [0.2, 0.25) is 5.91 Å². The molecule has 6 nitrogen and oxygen atoms in total. The molecule has 0 aliphatic carbocycles. The first-order chi connectivity index (χ1) is 9.98. The van der Waals surface area contributed by atoms with Gasteiger partial charge in [-0.05, 0) is 25.0 Å². The molecule has 21 heavy (non-hydrogen) atoms. The highest BCUT2D eigenvalue weighted by atomic mass is 32.2. The van der Waals surface area contributed by atoms with Gasteiger partial charge in [0.25, 0.3) is 0 Å². The van der Waals surface area contributed by atoms with Gasteiger partial charge in [0.05, 0.1) is 25.2 Å². The van der Waals surface area contributed by atoms with Crippen LogP contribution in [0.1, 0.15) is 12.8 Å². The molecular weight excluding hydrogens is 292 g/mol. The lowest BCUT2D eigenvalue weighted by molar-refractivity contribution is -0.115. The topological polar surface area (TPSA) is 84.5 Å². The Morgan fingerprint density at radius 2 is 2.05 bits per heavy atom. The van der Waals surface area contributed by atoms with Crippen LogP contribution in [0.3, 0.4) is 0 Å². The first-order valence-corrected chi connectivity index (χ1v) is 8.68. The lowest BCUT2D eigenvalue weighted by atomic mass is 10.1. The van der Waals surface area contributed by atoms with Gasteiger partial charge in [0, 0.05) is 17.8 Å². The highest BCUT2D eigenvalue weighted by Crippen LogP contribution is 2.16. The molecule has 1 aromatic carbocycles. The average molecular weight is 312 g/mol. The van der Waals surface area contributed by atoms with E-state index in [9.17, 15) is 13.2 Å². The Kier molecular flexibility index (Phi) is 5.19. The molecule has 0 unspecified atom stereocenters. The standard InChI is InChI=1S/C14H20N2O4S/c1-20-13-4-2-3-12(9-13)16-14(17)10-15-11-5-7-21(18,19)8-6-11/h2-4,9,11,15H,5-8,10H2,1H3,(H,16,17). The van der Waals surface area contributed by atoms with E-state index in [4.69, 9.17) is 4.74 Å². The molecule has 116 valence electrons. The van der Waals surface area contributed by atoms with Crippen LogP contribution in [-0.2, 0) is 14.6 Å². The molecule has 0 saturated carbocycles. The number of sulfone groups is 1. The number of benzene rings is 1. The van der Waals surface area contributed by atoms with E-state index < -0.39 is 9.84 Å². The van der Waals surface area contributed by atoms with E-state index in [0.717, 1.165) is 0 Å². The lowest BCUT2D eigenvalue weighted by Gasteiger charge is -2.22. The minimum Gasteiger partial charge on any atom is -0.497 e. The van der Waals surface area contributed by atoms with E-state index in [2.05, 4.69) is 10.6 Å². The van der Waals surface area contributed by atoms with Crippen LogP contribution >= 0.6 is 0 Å². The van der Waals surface area contributed by atoms with Crippen molar-refractivity contribution in [3.63, 3.8) is 0 Å². The van der Waals surface area contributed by atoms with E-state index in [1.165, 1.54) is 0 Å². The van der Waals surface area contributed by atoms with Crippen molar-refractivity contribution < 1.29 is 17.9 Å². The highest BCUT2D eigenvalue weighted by molar-refractivity contribution is 7.91. The molecule has 1 amide bonds. The number of hydrogen-bond acceptors (Lipinski definition) is 5. The summed E-state index contributed by atoms with van der Waals surface area (Å²) in [5, 5.41) is 5.87. The monoisotopic (exact) mass is 312 g/mol. The fourth-order valence-electron chi connectivity index (χ4n) is 2.24. The van der Waals surface area contributed by atoms with Crippen LogP contribution in [0.2, 0.25) is 0 Å². The van der Waals surface area contributed by atoms with Gasteiger partial charge in [-0.2, -0.15) is 0 Å². The van der Waals surface area contributed by atoms with Gasteiger partial charge in [-0.15, -0.1) is 0 Å². The van der Waals surface area contributed by atoms with Crippen molar-refractivity contribution in [2.45, 2.75) is 18.9 Å². The second-order valence-electron chi connectivity index (χ2n) is 5.09. The van der Waals surface area contributed by atoms with Crippen molar-refractivity contribution in [2.75, 3.05) is 30.5 Å². The first kappa shape index (κ1) is 15.8. The average Bonchev–Trinajstić information content (AvgIpc) is 2.46. The Labute approximate surface area is 124 Å². The summed E-state index contributed by atoms with van der Waals surface area (Å²) in [5.41, 5.74) is 0.673. The second-order valence-corrected chi connectivity index (χ2v) is 7.39. The zero-order chi connectivity index (χ0) is 15.3. The number of rotatable bonds is 5. The molecule has 2 N–H and O–H groups in total. The molecule has 1 aromatic rings. The summed E-state index contributed by atoms with van der Waals surface area (Å²) in [6, 6.07) is 7.22. The van der Waals surface area contributed by atoms with E-state index >= 15 is 0 Å². The van der Waals surface area contributed by atoms with Crippen molar-refractivity contribution in [1.29, 1.82) is 0 Å². The molecule has 1 saturated heterocycles. The maximum Gasteiger partial charge on any atom is 0.238 e. The molecule has 0 radical (unpaired) electrons. The number of nitrogens with one attached hydrogen (secondary N) is 2. The highest BCUT2D eigenvalue weighted by Gasteiger charge is 2.23. The van der Waals surface area contributed by atoms with Crippen molar-refractivity contribution in [2.24, 2.45) is 0 Å². The van der Waals surface area contributed by atoms with E-state index in [1.807, 2.05) is 0 Å². The third-order valence-corrected chi connectivity index (χ3v) is 5.17. The third kappa shape index (κ3) is 5.02. The van der Waals surface area contributed by atoms with E-state index in [0.29, 0.717) is 24.3 Å². The lowest BCUT2D eigenvalue weighted by Crippen LogP contribution is -2.41. The van der Waals surface area contributed by atoms with Crippen LogP contribution in [0.4, 0.5) is 5.69 Å². The summed E-state index contributed by atoms with van der Waals surface area (Å²) in [4.78, 5) is 11.8. The molecule has 7 heteroatoms. The number of ether oxygens (including phenoxy) is 1. The third-order valence-electron chi connectivity index (χ3n) is 3.46. The molecule has 2 rings (SSSR count). The predicted octanol–water partition coefficient (Wildman–Crippen LogP) is 0.800. The summed E-state index contributed by atoms with van der Waals surface area (Å²) in [6.07, 6.45) is 1.13. The largest absolute Gasteiger partial charge is 0.497 e. The van der Waals surface area contributed by atoms with Crippen LogP contribution in [0.25, 0.3) is 0 Å². The van der Waals surface area contributed by atoms with Gasteiger partial charge in [0.1, 0.15) is 15.6 Å². The van der Waals surface area contributed by atoms with Crippen LogP contribution in [0.5, 0.6) is 5.75 Å². The molecule has 0 spiro atoms. The van der Waals surface area contributed by atoms with Crippen molar-refractivity contribution >= 4 is 21.4 Å². The summed E-state index contributed by atoms with van der Waals surface area (Å²) >= 11 is 0. The zero-order valence-corrected chi connectivity index (χ0v) is 12.8. The fraction of sp³-hybridized carbons (Fsp3) is 0.500. The molecule has 1 heterocycles. The van der Waals surface area contributed by atoms with Gasteiger partial charge in [-0.25, -0.2) is 8.42 Å². The van der Waals surface area contributed by atoms with Crippen molar-refractivity contribution in [3.05, 3.63) is 24.3 Å². The summed E-state index contributed by atoms with van der Waals surface area (Å²) in [5.74, 6) is 0.916. The number of anilines is 1. The number of methoxy groups -OCH3 is 1. The number of hydrogen-bond donors (Lipinski definition) is 2. The number of carbonyl (C=O) groups is 1. The number of carbonyl (C=O) groups excluding carboxylic acids is 1. The Morgan fingerprint density at radius 1 is 1.33 bits per heavy atom. The Balaban J connectivity index is 1.77. The summed E-state index contributed by atoms with van der Waals surface area (Å²) in [6.45, 7) is 0.169. The van der Waals surface area contributed by atoms with Crippen LogP contribution in [-0.4, -0.2) is 45.5 Å². The zero-order valence-electron chi connectivity index (χ0n) is 12.0. The molecular formula is C14H20N2O4S. The molecule has 0 atom stereocenters. The Hall–Kier alpha value is -1.60. The Bertz CT molecular complexity index is 587. The minimum absolute atomic E-state index is 0.0876. The van der Waals surface area contributed by atoms with Crippen molar-refractivity contribution in [1.82, 2.24) is 5.32 Å². The quantitative estimate of drug-likeness (QED) is 0.840. The van der Waals surface area contributed by atoms with Gasteiger partial charge in [0.15, 0.2) is 0 Å². The van der Waals surface area contributed by atoms with E-state index in [-0.39, 0.29) is 30.0 Å². The Morgan fingerprint density at radius 3 is 2.71 bits per heavy atom. The molecule has 1 aliphatic heterocycles. The molecule has 0 aromatic heterocycles. The van der Waals surface area contributed by atoms with E-state index in [1.54, 1.807) is 31.4 Å². The van der Waals surface area contributed by atoms with Crippen molar-refractivity contribution in [3.8, 4) is 5.75 Å². The summed E-state index contributed by atoms with van der Waals surface area (Å²) in [7, 11) is -1.30. The predicted molar refractivity (Wildman–Crippen MR) is 81.3 cm³/mol. The maximum absolute atomic E-state index is 11.8. The summed E-state index contributed by atoms with van der Waals surface area (Å²) < 4.78 is 27.7.